The predicted octanol–water partition coefficient (Wildman–Crippen LogP) is 3.03. The van der Waals surface area contributed by atoms with Gasteiger partial charge < -0.3 is 40.4 Å². The monoisotopic (exact) mass is 617 g/mol. The highest BCUT2D eigenvalue weighted by Crippen LogP contribution is 2.54. The van der Waals surface area contributed by atoms with Crippen LogP contribution in [0.3, 0.4) is 0 Å². The largest absolute Gasteiger partial charge is 0.462 e. The van der Waals surface area contributed by atoms with Crippen LogP contribution < -0.4 is 16.4 Å². The maximum atomic E-state index is 12.8. The Morgan fingerprint density at radius 2 is 1.88 bits per heavy atom. The van der Waals surface area contributed by atoms with Gasteiger partial charge in [-0.3, -0.25) is 9.59 Å². The number of epoxide rings is 1. The van der Waals surface area contributed by atoms with Gasteiger partial charge in [0.2, 0.25) is 5.91 Å². The number of nitrogens with two attached hydrogens (primary N) is 1. The Bertz CT molecular complexity index is 884. The lowest BCUT2D eigenvalue weighted by molar-refractivity contribution is -0.145. The van der Waals surface area contributed by atoms with Crippen molar-refractivity contribution < 1.29 is 38.4 Å². The topological polar surface area (TPSA) is 162 Å². The molecule has 1 saturated heterocycles. The van der Waals surface area contributed by atoms with Crippen LogP contribution in [0.1, 0.15) is 67.7 Å². The van der Waals surface area contributed by atoms with E-state index >= 15 is 0 Å². The van der Waals surface area contributed by atoms with E-state index in [1.165, 1.54) is 0 Å². The van der Waals surface area contributed by atoms with Crippen LogP contribution in [0.5, 0.6) is 0 Å². The second-order valence-corrected chi connectivity index (χ2v) is 13.6. The Hall–Kier alpha value is -1.86. The fourth-order valence-corrected chi connectivity index (χ4v) is 5.63. The first-order valence-electron chi connectivity index (χ1n) is 14.7. The number of aliphatic hydroxyl groups excluding tert-OH is 1. The SMILES string of the molecule is CC(C)=CCO.CO[C@H]1[C@H](C(C)(C)C)[C@]2(CC[C@H]1OC(=O)NC(COC(=O)CNC(=O)[C@@H](N)CCSC)C(C)C)CO2. The lowest BCUT2D eigenvalue weighted by atomic mass is 9.64. The summed E-state index contributed by atoms with van der Waals surface area (Å²) in [7, 11) is 1.64. The van der Waals surface area contributed by atoms with Gasteiger partial charge in [-0.05, 0) is 56.5 Å². The molecule has 12 heteroatoms. The molecule has 0 aromatic heterocycles. The van der Waals surface area contributed by atoms with Crippen molar-refractivity contribution in [1.82, 2.24) is 10.6 Å². The van der Waals surface area contributed by atoms with Gasteiger partial charge >= 0.3 is 12.1 Å². The summed E-state index contributed by atoms with van der Waals surface area (Å²) in [5.74, 6) is -0.165. The van der Waals surface area contributed by atoms with Crippen LogP contribution in [-0.4, -0.2) is 98.5 Å². The van der Waals surface area contributed by atoms with E-state index in [0.29, 0.717) is 19.4 Å². The van der Waals surface area contributed by atoms with E-state index in [2.05, 4.69) is 31.4 Å². The third kappa shape index (κ3) is 12.8. The van der Waals surface area contributed by atoms with Crippen molar-refractivity contribution in [2.24, 2.45) is 23.0 Å². The number of ether oxygens (including phenoxy) is 4. The standard InChI is InChI=1S/C25H45N3O7S.C5H10O/c1-15(2)17(13-33-19(29)12-27-22(30)16(26)9-11-36-7)28-23(31)35-18-8-10-25(14-34-25)21(20(18)32-6)24(3,4)5;1-5(2)3-4-6/h15-18,20-21H,8-14,26H2,1-7H3,(H,27,30)(H,28,31);3,6H,4H2,1-2H3/t16-,17?,18+,20+,21+,25-;/m0./s1. The summed E-state index contributed by atoms with van der Waals surface area (Å²) in [6.45, 7) is 14.7. The molecule has 0 aromatic carbocycles. The van der Waals surface area contributed by atoms with Crippen molar-refractivity contribution in [3.05, 3.63) is 11.6 Å². The van der Waals surface area contributed by atoms with E-state index in [1.807, 2.05) is 34.0 Å². The first-order valence-corrected chi connectivity index (χ1v) is 16.1. The summed E-state index contributed by atoms with van der Waals surface area (Å²) in [5, 5.41) is 13.5. The average molecular weight is 618 g/mol. The lowest BCUT2D eigenvalue weighted by Crippen LogP contribution is -2.55. The van der Waals surface area contributed by atoms with Gasteiger partial charge in [-0.2, -0.15) is 11.8 Å². The molecule has 0 aromatic rings. The summed E-state index contributed by atoms with van der Waals surface area (Å²) in [5.41, 5.74) is 6.68. The molecule has 244 valence electrons. The molecule has 2 aliphatic rings. The number of nitrogens with one attached hydrogen (secondary N) is 2. The maximum absolute atomic E-state index is 12.8. The second kappa shape index (κ2) is 18.1. The van der Waals surface area contributed by atoms with Crippen LogP contribution in [0.2, 0.25) is 0 Å². The minimum Gasteiger partial charge on any atom is -0.462 e. The zero-order chi connectivity index (χ0) is 32.1. The van der Waals surface area contributed by atoms with E-state index in [1.54, 1.807) is 24.9 Å². The molecular weight excluding hydrogens is 562 g/mol. The smallest absolute Gasteiger partial charge is 0.407 e. The third-order valence-electron chi connectivity index (χ3n) is 7.50. The van der Waals surface area contributed by atoms with Crippen molar-refractivity contribution in [2.75, 3.05) is 45.5 Å². The van der Waals surface area contributed by atoms with Gasteiger partial charge in [-0.25, -0.2) is 4.79 Å². The minimum atomic E-state index is -0.667. The second-order valence-electron chi connectivity index (χ2n) is 12.6. The Kier molecular flexibility index (Phi) is 16.4. The summed E-state index contributed by atoms with van der Waals surface area (Å²) in [4.78, 5) is 36.9. The number of hydrogen-bond donors (Lipinski definition) is 4. The van der Waals surface area contributed by atoms with Crippen LogP contribution >= 0.6 is 11.8 Å². The van der Waals surface area contributed by atoms with Crippen LogP contribution in [0.25, 0.3) is 0 Å². The third-order valence-corrected chi connectivity index (χ3v) is 8.14. The number of thioether (sulfide) groups is 1. The molecule has 1 aliphatic heterocycles. The molecule has 1 spiro atoms. The molecule has 0 radical (unpaired) electrons. The quantitative estimate of drug-likeness (QED) is 0.137. The number of esters is 1. The molecule has 1 heterocycles. The average Bonchev–Trinajstić information content (AvgIpc) is 3.67. The normalized spacial score (nSPS) is 24.5. The number of alkyl carbamates (subject to hydrolysis) is 1. The van der Waals surface area contributed by atoms with Gasteiger partial charge in [-0.15, -0.1) is 0 Å². The highest BCUT2D eigenvalue weighted by molar-refractivity contribution is 7.98. The number of methoxy groups -OCH3 is 1. The summed E-state index contributed by atoms with van der Waals surface area (Å²) in [6.07, 6.45) is 4.42. The van der Waals surface area contributed by atoms with Crippen molar-refractivity contribution in [3.8, 4) is 0 Å². The first kappa shape index (κ1) is 38.2. The summed E-state index contributed by atoms with van der Waals surface area (Å²) >= 11 is 1.60. The van der Waals surface area contributed by atoms with Crippen LogP contribution in [0, 0.1) is 17.3 Å². The van der Waals surface area contributed by atoms with E-state index in [4.69, 9.17) is 29.8 Å². The van der Waals surface area contributed by atoms with Gasteiger partial charge in [-0.1, -0.05) is 46.3 Å². The van der Waals surface area contributed by atoms with Crippen molar-refractivity contribution >= 4 is 29.7 Å². The van der Waals surface area contributed by atoms with Gasteiger partial charge in [0.15, 0.2) is 0 Å². The molecule has 5 N–H and O–H groups in total. The van der Waals surface area contributed by atoms with Gasteiger partial charge in [0.1, 0.15) is 25.4 Å². The lowest BCUT2D eigenvalue weighted by Gasteiger charge is -2.46. The Labute approximate surface area is 256 Å². The zero-order valence-electron chi connectivity index (χ0n) is 27.0. The molecule has 11 nitrogen and oxygen atoms in total. The van der Waals surface area contributed by atoms with E-state index in [-0.39, 0.29) is 48.7 Å². The van der Waals surface area contributed by atoms with Crippen molar-refractivity contribution in [2.45, 2.75) is 97.6 Å². The molecular formula is C30H55N3O8S. The molecule has 0 bridgehead atoms. The summed E-state index contributed by atoms with van der Waals surface area (Å²) in [6, 6.07) is -1.12. The molecule has 6 atom stereocenters. The first-order chi connectivity index (χ1) is 19.6. The highest BCUT2D eigenvalue weighted by Gasteiger charge is 2.62. The van der Waals surface area contributed by atoms with Crippen molar-refractivity contribution in [1.29, 1.82) is 0 Å². The number of amides is 2. The van der Waals surface area contributed by atoms with Gasteiger partial charge in [0.25, 0.3) is 0 Å². The Balaban J connectivity index is 0.00000132. The highest BCUT2D eigenvalue weighted by atomic mass is 32.2. The van der Waals surface area contributed by atoms with Crippen LogP contribution in [-0.2, 0) is 28.5 Å². The van der Waals surface area contributed by atoms with E-state index in [0.717, 1.165) is 17.7 Å². The molecule has 2 amide bonds. The number of hydrogen-bond acceptors (Lipinski definition) is 10. The number of aliphatic hydroxyl groups is 1. The molecule has 42 heavy (non-hydrogen) atoms. The fraction of sp³-hybridized carbons (Fsp3) is 0.833. The van der Waals surface area contributed by atoms with Gasteiger partial charge in [0.05, 0.1) is 30.9 Å². The van der Waals surface area contributed by atoms with Crippen LogP contribution in [0.15, 0.2) is 11.6 Å². The maximum Gasteiger partial charge on any atom is 0.407 e. The molecule has 2 fully saturated rings. The van der Waals surface area contributed by atoms with Crippen LogP contribution in [0.4, 0.5) is 4.79 Å². The number of carbonyl (C=O) groups excluding carboxylic acids is 3. The van der Waals surface area contributed by atoms with Crippen molar-refractivity contribution in [3.63, 3.8) is 0 Å². The number of allylic oxidation sites excluding steroid dienone is 1. The molecule has 1 unspecified atom stereocenters. The van der Waals surface area contributed by atoms with E-state index < -0.39 is 36.2 Å². The minimum absolute atomic E-state index is 0.0186. The van der Waals surface area contributed by atoms with E-state index in [9.17, 15) is 14.4 Å². The Morgan fingerprint density at radius 3 is 2.33 bits per heavy atom. The fourth-order valence-electron chi connectivity index (χ4n) is 5.14. The zero-order valence-corrected chi connectivity index (χ0v) is 27.8. The van der Waals surface area contributed by atoms with Gasteiger partial charge in [0, 0.05) is 13.0 Å². The summed E-state index contributed by atoms with van der Waals surface area (Å²) < 4.78 is 22.8. The number of carbonyl (C=O) groups is 3. The predicted molar refractivity (Wildman–Crippen MR) is 165 cm³/mol. The number of rotatable bonds is 13. The molecule has 2 rings (SSSR count). The Morgan fingerprint density at radius 1 is 1.24 bits per heavy atom. The molecule has 1 aliphatic carbocycles. The molecule has 1 saturated carbocycles.